The van der Waals surface area contributed by atoms with Crippen molar-refractivity contribution in [1.29, 1.82) is 0 Å². The molecule has 3 rings (SSSR count). The van der Waals surface area contributed by atoms with Crippen LogP contribution in [0.15, 0.2) is 28.7 Å². The van der Waals surface area contributed by atoms with E-state index in [9.17, 15) is 0 Å². The Balaban J connectivity index is 1.78. The van der Waals surface area contributed by atoms with E-state index in [1.54, 1.807) is 0 Å². The van der Waals surface area contributed by atoms with E-state index in [-0.39, 0.29) is 12.6 Å². The average Bonchev–Trinajstić information content (AvgIpc) is 3.04. The molecular weight excluding hydrogens is 302 g/mol. The number of furan rings is 1. The second kappa shape index (κ2) is 6.79. The number of fused-ring (bicyclic) bond motifs is 1. The monoisotopic (exact) mass is 327 g/mol. The summed E-state index contributed by atoms with van der Waals surface area (Å²) >= 11 is 0. The number of aryl methyl sites for hydroxylation is 2. The van der Waals surface area contributed by atoms with Crippen LogP contribution in [-0.4, -0.2) is 21.5 Å². The lowest BCUT2D eigenvalue weighted by Gasteiger charge is -2.13. The van der Waals surface area contributed by atoms with Gasteiger partial charge in [-0.2, -0.15) is 5.10 Å². The van der Waals surface area contributed by atoms with E-state index in [0.717, 1.165) is 29.3 Å². The van der Waals surface area contributed by atoms with Crippen molar-refractivity contribution in [2.24, 2.45) is 0 Å². The Labute approximate surface area is 142 Å². The Morgan fingerprint density at radius 2 is 2.00 bits per heavy atom. The largest absolute Gasteiger partial charge is 0.459 e. The van der Waals surface area contributed by atoms with E-state index in [0.29, 0.717) is 6.54 Å². The molecule has 1 aromatic carbocycles. The third kappa shape index (κ3) is 2.97. The van der Waals surface area contributed by atoms with Crippen molar-refractivity contribution in [2.75, 3.05) is 6.61 Å². The number of hydrogen-bond donors (Lipinski definition) is 2. The molecule has 0 saturated heterocycles. The van der Waals surface area contributed by atoms with E-state index in [2.05, 4.69) is 30.3 Å². The van der Waals surface area contributed by atoms with E-state index < -0.39 is 0 Å². The van der Waals surface area contributed by atoms with Gasteiger partial charge in [0.25, 0.3) is 0 Å². The van der Waals surface area contributed by atoms with E-state index in [4.69, 9.17) is 9.52 Å². The van der Waals surface area contributed by atoms with Crippen molar-refractivity contribution in [3.05, 3.63) is 52.5 Å². The minimum atomic E-state index is 0.101. The first-order valence-corrected chi connectivity index (χ1v) is 8.38. The number of aliphatic hydroxyl groups excluding tert-OH is 1. The second-order valence-electron chi connectivity index (χ2n) is 6.29. The molecule has 3 aromatic rings. The molecular formula is C19H25N3O2. The summed E-state index contributed by atoms with van der Waals surface area (Å²) in [5.41, 5.74) is 5.41. The van der Waals surface area contributed by atoms with Gasteiger partial charge in [-0.25, -0.2) is 0 Å². The Bertz CT molecular complexity index is 848. The third-order valence-electron chi connectivity index (χ3n) is 4.70. The number of rotatable bonds is 6. The highest BCUT2D eigenvalue weighted by molar-refractivity contribution is 5.82. The Morgan fingerprint density at radius 3 is 2.71 bits per heavy atom. The molecule has 0 spiro atoms. The molecule has 2 N–H and O–H groups in total. The maximum absolute atomic E-state index is 9.12. The van der Waals surface area contributed by atoms with Gasteiger partial charge in [-0.1, -0.05) is 18.2 Å². The lowest BCUT2D eigenvalue weighted by molar-refractivity contribution is 0.267. The van der Waals surface area contributed by atoms with Crippen molar-refractivity contribution < 1.29 is 9.52 Å². The van der Waals surface area contributed by atoms with Gasteiger partial charge in [0, 0.05) is 23.2 Å². The van der Waals surface area contributed by atoms with Crippen LogP contribution in [0.5, 0.6) is 0 Å². The molecule has 5 nitrogen and oxygen atoms in total. The summed E-state index contributed by atoms with van der Waals surface area (Å²) in [6.07, 6.45) is 0. The number of aromatic nitrogens is 2. The van der Waals surface area contributed by atoms with E-state index in [1.165, 1.54) is 16.5 Å². The number of nitrogens with one attached hydrogen (secondary N) is 1. The molecule has 0 aliphatic heterocycles. The van der Waals surface area contributed by atoms with Crippen LogP contribution in [0.1, 0.15) is 41.2 Å². The molecule has 0 radical (unpaired) electrons. The quantitative estimate of drug-likeness (QED) is 0.728. The van der Waals surface area contributed by atoms with Crippen molar-refractivity contribution >= 4 is 11.0 Å². The zero-order valence-electron chi connectivity index (χ0n) is 14.8. The third-order valence-corrected chi connectivity index (χ3v) is 4.70. The van der Waals surface area contributed by atoms with Crippen molar-refractivity contribution in [3.63, 3.8) is 0 Å². The molecule has 0 fully saturated rings. The summed E-state index contributed by atoms with van der Waals surface area (Å²) in [4.78, 5) is 0. The lowest BCUT2D eigenvalue weighted by atomic mass is 10.1. The van der Waals surface area contributed by atoms with E-state index >= 15 is 0 Å². The molecule has 0 aliphatic rings. The number of para-hydroxylation sites is 1. The predicted molar refractivity (Wildman–Crippen MR) is 95.0 cm³/mol. The van der Waals surface area contributed by atoms with Gasteiger partial charge >= 0.3 is 0 Å². The first-order chi connectivity index (χ1) is 11.5. The molecule has 5 heteroatoms. The van der Waals surface area contributed by atoms with Gasteiger partial charge in [0.15, 0.2) is 0 Å². The lowest BCUT2D eigenvalue weighted by Crippen LogP contribution is -2.19. The summed E-state index contributed by atoms with van der Waals surface area (Å²) in [6.45, 7) is 9.64. The molecule has 0 amide bonds. The average molecular weight is 327 g/mol. The van der Waals surface area contributed by atoms with E-state index in [1.807, 2.05) is 36.7 Å². The van der Waals surface area contributed by atoms with Crippen molar-refractivity contribution in [3.8, 4) is 0 Å². The normalized spacial score (nSPS) is 12.9. The first kappa shape index (κ1) is 16.7. The zero-order chi connectivity index (χ0) is 17.3. The zero-order valence-corrected chi connectivity index (χ0v) is 14.8. The van der Waals surface area contributed by atoms with Gasteiger partial charge in [-0.3, -0.25) is 4.68 Å². The molecule has 24 heavy (non-hydrogen) atoms. The van der Waals surface area contributed by atoms with Crippen LogP contribution in [0.4, 0.5) is 0 Å². The summed E-state index contributed by atoms with van der Waals surface area (Å²) in [5, 5.41) is 18.3. The van der Waals surface area contributed by atoms with Crippen LogP contribution >= 0.6 is 0 Å². The Morgan fingerprint density at radius 1 is 1.25 bits per heavy atom. The summed E-state index contributed by atoms with van der Waals surface area (Å²) < 4.78 is 7.90. The minimum Gasteiger partial charge on any atom is -0.459 e. The molecule has 128 valence electrons. The fourth-order valence-electron chi connectivity index (χ4n) is 3.26. The fourth-order valence-corrected chi connectivity index (χ4v) is 3.26. The number of aliphatic hydroxyl groups is 1. The smallest absolute Gasteiger partial charge is 0.134 e. The molecule has 0 aliphatic carbocycles. The second-order valence-corrected chi connectivity index (χ2v) is 6.29. The Hall–Kier alpha value is -2.11. The van der Waals surface area contributed by atoms with Crippen molar-refractivity contribution in [2.45, 2.75) is 46.8 Å². The van der Waals surface area contributed by atoms with Crippen LogP contribution in [0, 0.1) is 20.8 Å². The SMILES string of the molecule is Cc1nn(CCO)c(C)c1CN[C@@H](C)c1oc2ccccc2c1C. The number of benzene rings is 1. The predicted octanol–water partition coefficient (Wildman–Crippen LogP) is 3.40. The summed E-state index contributed by atoms with van der Waals surface area (Å²) in [6, 6.07) is 8.24. The molecule has 1 atom stereocenters. The molecule has 0 saturated carbocycles. The standard InChI is InChI=1S/C19H25N3O2/c1-12-16-7-5-6-8-18(16)24-19(12)14(3)20-11-17-13(2)21-22(9-10-23)15(17)4/h5-8,14,20,23H,9-11H2,1-4H3/t14-/m0/s1. The maximum Gasteiger partial charge on any atom is 0.134 e. The van der Waals surface area contributed by atoms with Gasteiger partial charge in [0.05, 0.1) is 24.9 Å². The maximum atomic E-state index is 9.12. The minimum absolute atomic E-state index is 0.101. The Kier molecular flexibility index (Phi) is 4.73. The summed E-state index contributed by atoms with van der Waals surface area (Å²) in [7, 11) is 0. The van der Waals surface area contributed by atoms with Gasteiger partial charge in [-0.05, 0) is 39.3 Å². The van der Waals surface area contributed by atoms with Crippen molar-refractivity contribution in [1.82, 2.24) is 15.1 Å². The van der Waals surface area contributed by atoms with Gasteiger partial charge < -0.3 is 14.8 Å². The summed E-state index contributed by atoms with van der Waals surface area (Å²) in [5.74, 6) is 0.981. The molecule has 0 bridgehead atoms. The number of nitrogens with zero attached hydrogens (tertiary/aromatic N) is 2. The first-order valence-electron chi connectivity index (χ1n) is 8.38. The highest BCUT2D eigenvalue weighted by Gasteiger charge is 2.18. The highest BCUT2D eigenvalue weighted by Crippen LogP contribution is 2.29. The molecule has 0 unspecified atom stereocenters. The highest BCUT2D eigenvalue weighted by atomic mass is 16.3. The van der Waals surface area contributed by atoms with Gasteiger partial charge in [0.1, 0.15) is 11.3 Å². The topological polar surface area (TPSA) is 63.2 Å². The van der Waals surface area contributed by atoms with Crippen LogP contribution in [0.25, 0.3) is 11.0 Å². The molecule has 2 aromatic heterocycles. The van der Waals surface area contributed by atoms with Crippen LogP contribution in [0.2, 0.25) is 0 Å². The number of hydrogen-bond acceptors (Lipinski definition) is 4. The molecule has 2 heterocycles. The van der Waals surface area contributed by atoms with Gasteiger partial charge in [0.2, 0.25) is 0 Å². The van der Waals surface area contributed by atoms with Crippen LogP contribution in [-0.2, 0) is 13.1 Å². The van der Waals surface area contributed by atoms with Crippen LogP contribution < -0.4 is 5.32 Å². The van der Waals surface area contributed by atoms with Crippen LogP contribution in [0.3, 0.4) is 0 Å². The fraction of sp³-hybridized carbons (Fsp3) is 0.421. The van der Waals surface area contributed by atoms with Gasteiger partial charge in [-0.15, -0.1) is 0 Å².